The number of aromatic nitrogens is 4. The molecule has 5 atom stereocenters. The third-order valence-corrected chi connectivity index (χ3v) is 8.82. The average molecular weight is 678 g/mol. The van der Waals surface area contributed by atoms with Gasteiger partial charge in [0.2, 0.25) is 0 Å². The number of esters is 1. The van der Waals surface area contributed by atoms with Crippen LogP contribution in [-0.2, 0) is 23.4 Å². The van der Waals surface area contributed by atoms with Crippen LogP contribution in [0.5, 0.6) is 5.75 Å². The molecule has 1 aliphatic rings. The van der Waals surface area contributed by atoms with Gasteiger partial charge in [0, 0.05) is 0 Å². The van der Waals surface area contributed by atoms with Gasteiger partial charge in [0.25, 0.3) is 0 Å². The van der Waals surface area contributed by atoms with Crippen LogP contribution in [0.15, 0.2) is 43.0 Å². The third-order valence-electron chi connectivity index (χ3n) is 5.45. The number of aliphatic hydroxyl groups excluding tert-OH is 1. The number of nitrogen functional groups attached to an aromatic ring is 1. The zero-order chi connectivity index (χ0) is 27.7. The Labute approximate surface area is 235 Å². The molecule has 1 fully saturated rings. The van der Waals surface area contributed by atoms with Gasteiger partial charge in [-0.05, 0) is 32.9 Å². The van der Waals surface area contributed by atoms with Crippen LogP contribution < -0.4 is 15.3 Å². The van der Waals surface area contributed by atoms with Gasteiger partial charge in [0.1, 0.15) is 35.8 Å². The largest absolute Gasteiger partial charge is 0.462 e. The number of para-hydroxylation sites is 1. The number of nitrogens with zero attached hydrogens (tertiary/aromatic N) is 4. The highest BCUT2D eigenvalue weighted by atomic mass is 79.9. The van der Waals surface area contributed by atoms with Crippen molar-refractivity contribution in [3.63, 3.8) is 0 Å². The number of halogens is 2. The van der Waals surface area contributed by atoms with Crippen molar-refractivity contribution in [2.24, 2.45) is 0 Å². The fourth-order valence-electron chi connectivity index (χ4n) is 3.65. The summed E-state index contributed by atoms with van der Waals surface area (Å²) in [5.74, 6) is -0.195. The van der Waals surface area contributed by atoms with Gasteiger partial charge < -0.3 is 24.8 Å². The smallest absolute Gasteiger partial charge is 0.459 e. The SMILES string of the molecule is CC(C)OC(=O)[C@H](C)N[P@](=O)(OC[C@H]1O[C@@H](n2cnc3c(N)ncnc32)C(Br)(Br)[C@@H]1O)Oc1ccccc1. The summed E-state index contributed by atoms with van der Waals surface area (Å²) >= 11 is 6.97. The number of alkyl halides is 2. The van der Waals surface area contributed by atoms with Gasteiger partial charge in [-0.3, -0.25) is 13.9 Å². The second-order valence-electron chi connectivity index (χ2n) is 8.76. The Bertz CT molecular complexity index is 1330. The van der Waals surface area contributed by atoms with Gasteiger partial charge in [-0.2, -0.15) is 5.09 Å². The van der Waals surface area contributed by atoms with Crippen LogP contribution in [0.1, 0.15) is 27.0 Å². The summed E-state index contributed by atoms with van der Waals surface area (Å²) in [7, 11) is -4.17. The van der Waals surface area contributed by atoms with E-state index in [0.29, 0.717) is 11.2 Å². The molecule has 0 radical (unpaired) electrons. The van der Waals surface area contributed by atoms with Crippen molar-refractivity contribution in [2.45, 2.75) is 54.6 Å². The van der Waals surface area contributed by atoms with Gasteiger partial charge in [-0.25, -0.2) is 19.5 Å². The number of hydrogen-bond acceptors (Lipinski definition) is 11. The van der Waals surface area contributed by atoms with E-state index >= 15 is 0 Å². The van der Waals surface area contributed by atoms with E-state index in [-0.39, 0.29) is 24.3 Å². The first kappa shape index (κ1) is 28.9. The van der Waals surface area contributed by atoms with Crippen molar-refractivity contribution in [1.29, 1.82) is 0 Å². The topological polar surface area (TPSA) is 173 Å². The number of carbonyl (C=O) groups excluding carboxylic acids is 1. The number of benzene rings is 1. The minimum Gasteiger partial charge on any atom is -0.462 e. The molecule has 4 N–H and O–H groups in total. The van der Waals surface area contributed by atoms with E-state index < -0.39 is 41.4 Å². The lowest BCUT2D eigenvalue weighted by molar-refractivity contribution is -0.149. The quantitative estimate of drug-likeness (QED) is 0.163. The van der Waals surface area contributed by atoms with E-state index in [4.69, 9.17) is 24.3 Å². The number of carbonyl (C=O) groups is 1. The summed E-state index contributed by atoms with van der Waals surface area (Å²) in [4.78, 5) is 24.8. The molecule has 1 aromatic carbocycles. The monoisotopic (exact) mass is 676 g/mol. The van der Waals surface area contributed by atoms with E-state index in [1.54, 1.807) is 48.7 Å². The first-order valence-corrected chi connectivity index (χ1v) is 14.7. The maximum absolute atomic E-state index is 13.8. The molecule has 0 bridgehead atoms. The Balaban J connectivity index is 1.54. The summed E-state index contributed by atoms with van der Waals surface area (Å²) in [6.45, 7) is 4.51. The molecule has 1 aliphatic heterocycles. The van der Waals surface area contributed by atoms with Crippen molar-refractivity contribution >= 4 is 62.6 Å². The normalized spacial score (nSPS) is 23.3. The number of nitrogens with two attached hydrogens (primary N) is 1. The van der Waals surface area contributed by atoms with Gasteiger partial charge >= 0.3 is 13.7 Å². The molecule has 206 valence electrons. The standard InChI is InChI=1S/C22H27Br2N6O7P/c1-12(2)35-20(32)13(3)29-38(33,37-14-7-5-4-6-8-14)34-9-15-17(31)22(23,24)21(36-15)30-11-28-16-18(25)26-10-27-19(16)30/h4-8,10-13,15,17,21,31H,9H2,1-3H3,(H,29,33)(H2,25,26,27)/t13-,15+,17+,21+,38-/m0/s1. The van der Waals surface area contributed by atoms with E-state index in [0.717, 1.165) is 0 Å². The highest BCUT2D eigenvalue weighted by Gasteiger charge is 2.55. The number of rotatable bonds is 10. The Morgan fingerprint density at radius 3 is 2.66 bits per heavy atom. The maximum Gasteiger partial charge on any atom is 0.459 e. The summed E-state index contributed by atoms with van der Waals surface area (Å²) in [6, 6.07) is 7.31. The summed E-state index contributed by atoms with van der Waals surface area (Å²) < 4.78 is 36.8. The molecule has 0 saturated carbocycles. The van der Waals surface area contributed by atoms with Crippen molar-refractivity contribution in [3.8, 4) is 5.75 Å². The van der Waals surface area contributed by atoms with Crippen molar-refractivity contribution in [3.05, 3.63) is 43.0 Å². The number of imidazole rings is 1. The number of ether oxygens (including phenoxy) is 2. The Hall–Kier alpha value is -2.13. The van der Waals surface area contributed by atoms with E-state index in [9.17, 15) is 14.5 Å². The van der Waals surface area contributed by atoms with Gasteiger partial charge in [-0.15, -0.1) is 0 Å². The molecule has 13 nitrogen and oxygen atoms in total. The maximum atomic E-state index is 13.8. The van der Waals surface area contributed by atoms with Gasteiger partial charge in [0.05, 0.1) is 19.0 Å². The van der Waals surface area contributed by atoms with Crippen molar-refractivity contribution < 1.29 is 33.0 Å². The highest BCUT2D eigenvalue weighted by molar-refractivity contribution is 9.25. The molecule has 0 unspecified atom stereocenters. The van der Waals surface area contributed by atoms with Crippen LogP contribution in [0.25, 0.3) is 11.2 Å². The minimum atomic E-state index is -4.17. The predicted molar refractivity (Wildman–Crippen MR) is 145 cm³/mol. The summed E-state index contributed by atoms with van der Waals surface area (Å²) in [5, 5.41) is 13.7. The molecule has 0 spiro atoms. The molecule has 2 aromatic heterocycles. The first-order chi connectivity index (χ1) is 17.9. The van der Waals surface area contributed by atoms with Crippen LogP contribution in [0.2, 0.25) is 0 Å². The molecule has 16 heteroatoms. The lowest BCUT2D eigenvalue weighted by Crippen LogP contribution is -2.39. The third kappa shape index (κ3) is 6.19. The van der Waals surface area contributed by atoms with Crippen molar-refractivity contribution in [2.75, 3.05) is 12.3 Å². The second-order valence-corrected chi connectivity index (χ2v) is 14.1. The summed E-state index contributed by atoms with van der Waals surface area (Å²) in [6.07, 6.45) is -0.680. The summed E-state index contributed by atoms with van der Waals surface area (Å²) in [5.41, 5.74) is 6.65. The fraction of sp³-hybridized carbons (Fsp3) is 0.455. The molecule has 38 heavy (non-hydrogen) atoms. The number of aliphatic hydroxyl groups is 1. The zero-order valence-corrected chi connectivity index (χ0v) is 24.7. The van der Waals surface area contributed by atoms with Crippen LogP contribution in [0.3, 0.4) is 0 Å². The van der Waals surface area contributed by atoms with E-state index in [2.05, 4.69) is 51.9 Å². The average Bonchev–Trinajstić information content (AvgIpc) is 3.37. The Morgan fingerprint density at radius 2 is 1.97 bits per heavy atom. The number of hydrogen-bond donors (Lipinski definition) is 3. The first-order valence-electron chi connectivity index (χ1n) is 11.5. The number of nitrogens with one attached hydrogen (secondary N) is 1. The van der Waals surface area contributed by atoms with E-state index in [1.165, 1.54) is 19.6 Å². The van der Waals surface area contributed by atoms with Crippen molar-refractivity contribution in [1.82, 2.24) is 24.6 Å². The molecule has 3 heterocycles. The molecule has 1 saturated heterocycles. The highest BCUT2D eigenvalue weighted by Crippen LogP contribution is 2.52. The molecule has 3 aromatic rings. The molecule has 0 aliphatic carbocycles. The van der Waals surface area contributed by atoms with E-state index in [1.807, 2.05) is 0 Å². The fourth-order valence-corrected chi connectivity index (χ4v) is 6.40. The zero-order valence-electron chi connectivity index (χ0n) is 20.6. The van der Waals surface area contributed by atoms with Gasteiger partial charge in [0.15, 0.2) is 20.9 Å². The van der Waals surface area contributed by atoms with Crippen LogP contribution in [0.4, 0.5) is 5.82 Å². The van der Waals surface area contributed by atoms with Crippen LogP contribution in [-0.4, -0.2) is 64.8 Å². The molecule has 0 amide bonds. The van der Waals surface area contributed by atoms with Crippen LogP contribution in [0, 0.1) is 0 Å². The molecular formula is C22H27Br2N6O7P. The predicted octanol–water partition coefficient (Wildman–Crippen LogP) is 3.29. The Morgan fingerprint density at radius 1 is 1.26 bits per heavy atom. The second kappa shape index (κ2) is 11.5. The lowest BCUT2D eigenvalue weighted by atomic mass is 10.2. The number of anilines is 1. The van der Waals surface area contributed by atoms with Crippen LogP contribution >= 0.6 is 39.6 Å². The lowest BCUT2D eigenvalue weighted by Gasteiger charge is -2.25. The minimum absolute atomic E-state index is 0.192. The number of fused-ring (bicyclic) bond motifs is 1. The molecule has 4 rings (SSSR count). The Kier molecular flexibility index (Phi) is 8.77. The van der Waals surface area contributed by atoms with Gasteiger partial charge in [-0.1, -0.05) is 50.1 Å². The molecular weight excluding hydrogens is 651 g/mol.